The van der Waals surface area contributed by atoms with Crippen molar-refractivity contribution in [3.63, 3.8) is 0 Å². The zero-order valence-corrected chi connectivity index (χ0v) is 12.1. The molecule has 0 aromatic heterocycles. The van der Waals surface area contributed by atoms with Gasteiger partial charge in [0.25, 0.3) is 0 Å². The minimum atomic E-state index is -0.338. The van der Waals surface area contributed by atoms with E-state index in [-0.39, 0.29) is 6.10 Å². The predicted octanol–water partition coefficient (Wildman–Crippen LogP) is 0.407. The van der Waals surface area contributed by atoms with Crippen LogP contribution in [-0.2, 0) is 4.74 Å². The van der Waals surface area contributed by atoms with Gasteiger partial charge in [-0.15, -0.1) is 0 Å². The molecule has 4 heteroatoms. The average Bonchev–Trinajstić information content (AvgIpc) is 2.32. The van der Waals surface area contributed by atoms with E-state index in [1.165, 1.54) is 12.8 Å². The van der Waals surface area contributed by atoms with Crippen LogP contribution in [0.3, 0.4) is 0 Å². The lowest BCUT2D eigenvalue weighted by molar-refractivity contribution is -0.741. The van der Waals surface area contributed by atoms with E-state index in [1.807, 2.05) is 0 Å². The quantitative estimate of drug-likeness (QED) is 0.450. The third kappa shape index (κ3) is 3.09. The van der Waals surface area contributed by atoms with Crippen LogP contribution in [0.1, 0.15) is 38.5 Å². The van der Waals surface area contributed by atoms with Crippen LogP contribution >= 0.6 is 22.6 Å². The van der Waals surface area contributed by atoms with E-state index in [2.05, 4.69) is 27.9 Å². The molecule has 3 nitrogen and oxygen atoms in total. The summed E-state index contributed by atoms with van der Waals surface area (Å²) in [4.78, 5) is 0. The second kappa shape index (κ2) is 5.98. The second-order valence-electron chi connectivity index (χ2n) is 5.17. The summed E-state index contributed by atoms with van der Waals surface area (Å²) in [5.41, 5.74) is 0. The van der Waals surface area contributed by atoms with E-state index < -0.39 is 0 Å². The van der Waals surface area contributed by atoms with Crippen LogP contribution in [0.4, 0.5) is 0 Å². The molecule has 0 radical (unpaired) electrons. The van der Waals surface area contributed by atoms with Crippen LogP contribution in [0.15, 0.2) is 0 Å². The van der Waals surface area contributed by atoms with Crippen LogP contribution in [0.5, 0.6) is 0 Å². The van der Waals surface area contributed by atoms with Gasteiger partial charge in [0.15, 0.2) is 0 Å². The Morgan fingerprint density at radius 3 is 2.44 bits per heavy atom. The van der Waals surface area contributed by atoms with Crippen molar-refractivity contribution in [1.82, 2.24) is 0 Å². The van der Waals surface area contributed by atoms with Crippen molar-refractivity contribution < 1.29 is 15.2 Å². The largest absolute Gasteiger partial charge is 0.848 e. The highest BCUT2D eigenvalue weighted by molar-refractivity contribution is 14.1. The molecule has 1 saturated heterocycles. The fourth-order valence-corrected chi connectivity index (χ4v) is 3.99. The van der Waals surface area contributed by atoms with Crippen LogP contribution in [0.25, 0.3) is 0 Å². The number of hydrogen-bond acceptors (Lipinski definition) is 2. The first-order valence-corrected chi connectivity index (χ1v) is 7.63. The van der Waals surface area contributed by atoms with Crippen molar-refractivity contribution >= 4 is 22.6 Å². The summed E-state index contributed by atoms with van der Waals surface area (Å²) in [7, 11) is 1.80. The molecule has 1 aliphatic carbocycles. The number of hydrogen-bond donors (Lipinski definition) is 1. The van der Waals surface area contributed by atoms with E-state index in [0.29, 0.717) is 22.1 Å². The number of alkyl halides is 1. The molecule has 0 spiro atoms. The van der Waals surface area contributed by atoms with Crippen molar-refractivity contribution in [2.24, 2.45) is 5.92 Å². The SMILES string of the molecule is COC1CCC(C2[NH2+]C(I)CCC2[O-])CC1. The summed E-state index contributed by atoms with van der Waals surface area (Å²) in [5, 5.41) is 14.3. The first-order valence-electron chi connectivity index (χ1n) is 6.38. The first kappa shape index (κ1) is 13.1. The number of quaternary nitrogens is 1. The zero-order chi connectivity index (χ0) is 11.5. The van der Waals surface area contributed by atoms with Crippen LogP contribution < -0.4 is 10.4 Å². The molecule has 0 aromatic carbocycles. The van der Waals surface area contributed by atoms with E-state index >= 15 is 0 Å². The highest BCUT2D eigenvalue weighted by Gasteiger charge is 2.34. The number of nitrogens with two attached hydrogens (primary N) is 1. The number of rotatable bonds is 2. The summed E-state index contributed by atoms with van der Waals surface area (Å²) >= 11 is 2.47. The minimum absolute atomic E-state index is 0.327. The van der Waals surface area contributed by atoms with E-state index in [9.17, 15) is 5.11 Å². The monoisotopic (exact) mass is 339 g/mol. The number of ether oxygens (including phenoxy) is 1. The fourth-order valence-electron chi connectivity index (χ4n) is 3.15. The predicted molar refractivity (Wildman–Crippen MR) is 69.3 cm³/mol. The lowest BCUT2D eigenvalue weighted by atomic mass is 9.78. The maximum atomic E-state index is 12.0. The normalized spacial score (nSPS) is 45.6. The third-order valence-corrected chi connectivity index (χ3v) is 5.22. The Morgan fingerprint density at radius 2 is 1.81 bits per heavy atom. The molecule has 1 heterocycles. The van der Waals surface area contributed by atoms with Crippen molar-refractivity contribution in [2.75, 3.05) is 7.11 Å². The van der Waals surface area contributed by atoms with Crippen molar-refractivity contribution in [3.05, 3.63) is 0 Å². The Balaban J connectivity index is 1.87. The second-order valence-corrected chi connectivity index (χ2v) is 6.77. The standard InChI is InChI=1S/C12H21INO2/c1-16-9-4-2-8(3-5-9)12-10(15)6-7-11(13)14-12/h8-12,14H,2-7H2,1H3/q-1/p+1. The molecule has 0 amide bonds. The van der Waals surface area contributed by atoms with E-state index in [1.54, 1.807) is 7.11 Å². The molecular formula is C12H22INO2. The zero-order valence-electron chi connectivity index (χ0n) is 9.90. The van der Waals surface area contributed by atoms with Crippen LogP contribution in [-0.4, -0.2) is 29.4 Å². The Kier molecular flexibility index (Phi) is 4.88. The molecule has 3 unspecified atom stereocenters. The van der Waals surface area contributed by atoms with Crippen LogP contribution in [0.2, 0.25) is 0 Å². The lowest BCUT2D eigenvalue weighted by Crippen LogP contribution is -2.99. The van der Waals surface area contributed by atoms with Gasteiger partial charge >= 0.3 is 0 Å². The maximum absolute atomic E-state index is 12.0. The van der Waals surface area contributed by atoms with Gasteiger partial charge < -0.3 is 15.2 Å². The van der Waals surface area contributed by atoms with Gasteiger partial charge in [0.05, 0.1) is 12.1 Å². The van der Waals surface area contributed by atoms with Crippen molar-refractivity contribution in [3.8, 4) is 0 Å². The average molecular weight is 339 g/mol. The summed E-state index contributed by atoms with van der Waals surface area (Å²) in [6.07, 6.45) is 6.71. The van der Waals surface area contributed by atoms with Gasteiger partial charge in [0.1, 0.15) is 4.05 Å². The smallest absolute Gasteiger partial charge is 0.136 e. The molecular weight excluding hydrogens is 317 g/mol. The fraction of sp³-hybridized carbons (Fsp3) is 1.00. The number of halogens is 1. The van der Waals surface area contributed by atoms with Gasteiger partial charge in [-0.25, -0.2) is 0 Å². The Hall–Kier alpha value is 0.610. The molecule has 2 aliphatic rings. The van der Waals surface area contributed by atoms with Gasteiger partial charge in [0.2, 0.25) is 0 Å². The topological polar surface area (TPSA) is 48.9 Å². The van der Waals surface area contributed by atoms with E-state index in [0.717, 1.165) is 25.7 Å². The number of piperidine rings is 1. The van der Waals surface area contributed by atoms with Gasteiger partial charge in [0, 0.05) is 19.4 Å². The Labute approximate surface area is 111 Å². The molecule has 0 aromatic rings. The molecule has 94 valence electrons. The molecule has 3 atom stereocenters. The van der Waals surface area contributed by atoms with Crippen LogP contribution in [0, 0.1) is 5.92 Å². The molecule has 1 saturated carbocycles. The Morgan fingerprint density at radius 1 is 1.12 bits per heavy atom. The third-order valence-electron chi connectivity index (χ3n) is 4.18. The summed E-state index contributed by atoms with van der Waals surface area (Å²) < 4.78 is 6.00. The molecule has 2 N–H and O–H groups in total. The molecule has 2 fully saturated rings. The maximum Gasteiger partial charge on any atom is 0.136 e. The van der Waals surface area contributed by atoms with Crippen molar-refractivity contribution in [1.29, 1.82) is 0 Å². The van der Waals surface area contributed by atoms with Crippen molar-refractivity contribution in [2.45, 2.75) is 60.8 Å². The number of methoxy groups -OCH3 is 1. The summed E-state index contributed by atoms with van der Waals surface area (Å²) in [5.74, 6) is 0.631. The lowest BCUT2D eigenvalue weighted by Gasteiger charge is -2.42. The summed E-state index contributed by atoms with van der Waals surface area (Å²) in [6.45, 7) is 0. The molecule has 16 heavy (non-hydrogen) atoms. The van der Waals surface area contributed by atoms with E-state index in [4.69, 9.17) is 4.74 Å². The van der Waals surface area contributed by atoms with Gasteiger partial charge in [-0.3, -0.25) is 0 Å². The molecule has 1 aliphatic heterocycles. The Bertz CT molecular complexity index is 219. The minimum Gasteiger partial charge on any atom is -0.848 e. The molecule has 0 bridgehead atoms. The highest BCUT2D eigenvalue weighted by Crippen LogP contribution is 2.29. The molecule has 2 rings (SSSR count). The first-order chi connectivity index (χ1) is 7.70. The van der Waals surface area contributed by atoms with Gasteiger partial charge in [-0.05, 0) is 48.3 Å². The summed E-state index contributed by atoms with van der Waals surface area (Å²) in [6, 6.07) is 0.327. The van der Waals surface area contributed by atoms with Gasteiger partial charge in [-0.1, -0.05) is 12.5 Å². The van der Waals surface area contributed by atoms with Gasteiger partial charge in [-0.2, -0.15) is 0 Å². The highest BCUT2D eigenvalue weighted by atomic mass is 127.